The summed E-state index contributed by atoms with van der Waals surface area (Å²) in [6.07, 6.45) is 2.10. The van der Waals surface area contributed by atoms with E-state index in [0.717, 1.165) is 6.42 Å². The first-order chi connectivity index (χ1) is 9.41. The molecule has 2 unspecified atom stereocenters. The van der Waals surface area contributed by atoms with Gasteiger partial charge in [0, 0.05) is 18.6 Å². The van der Waals surface area contributed by atoms with Crippen molar-refractivity contribution in [3.63, 3.8) is 0 Å². The molecule has 1 heterocycles. The van der Waals surface area contributed by atoms with Gasteiger partial charge in [0.15, 0.2) is 0 Å². The highest BCUT2D eigenvalue weighted by Crippen LogP contribution is 2.44. The first-order valence-electron chi connectivity index (χ1n) is 6.17. The van der Waals surface area contributed by atoms with Crippen LogP contribution in [0.5, 0.6) is 0 Å². The molecule has 0 amide bonds. The van der Waals surface area contributed by atoms with Gasteiger partial charge in [0.1, 0.15) is 6.33 Å². The molecule has 9 nitrogen and oxygen atoms in total. The van der Waals surface area contributed by atoms with Gasteiger partial charge in [-0.1, -0.05) is 13.8 Å². The van der Waals surface area contributed by atoms with Gasteiger partial charge in [-0.2, -0.15) is 0 Å². The lowest BCUT2D eigenvalue weighted by molar-refractivity contribution is -0.383. The number of hydrazine groups is 1. The Balaban J connectivity index is 2.25. The minimum Gasteiger partial charge on any atom is -0.381 e. The zero-order valence-electron chi connectivity index (χ0n) is 11.6. The lowest BCUT2D eigenvalue weighted by Gasteiger charge is -2.51. The highest BCUT2D eigenvalue weighted by Gasteiger charge is 2.49. The Morgan fingerprint density at radius 2 is 2.15 bits per heavy atom. The van der Waals surface area contributed by atoms with Crippen LogP contribution in [0.1, 0.15) is 20.3 Å². The van der Waals surface area contributed by atoms with Crippen molar-refractivity contribution in [1.82, 2.24) is 9.97 Å². The van der Waals surface area contributed by atoms with Gasteiger partial charge in [-0.3, -0.25) is 10.1 Å². The number of nitrogen functional groups attached to an aromatic ring is 1. The molecule has 0 radical (unpaired) electrons. The topological polar surface area (TPSA) is 128 Å². The highest BCUT2D eigenvalue weighted by molar-refractivity contribution is 5.69. The molecule has 0 bridgehead atoms. The quantitative estimate of drug-likeness (QED) is 0.412. The van der Waals surface area contributed by atoms with Crippen molar-refractivity contribution in [2.75, 3.05) is 17.9 Å². The van der Waals surface area contributed by atoms with E-state index >= 15 is 0 Å². The summed E-state index contributed by atoms with van der Waals surface area (Å²) in [6.45, 7) is 4.08. The van der Waals surface area contributed by atoms with E-state index in [1.165, 1.54) is 6.33 Å². The van der Waals surface area contributed by atoms with Crippen LogP contribution in [0.3, 0.4) is 0 Å². The van der Waals surface area contributed by atoms with Crippen molar-refractivity contribution in [3.8, 4) is 0 Å². The summed E-state index contributed by atoms with van der Waals surface area (Å²) in [5.41, 5.74) is 1.82. The van der Waals surface area contributed by atoms with Crippen LogP contribution in [0.15, 0.2) is 6.33 Å². The second-order valence-electron chi connectivity index (χ2n) is 5.30. The maximum Gasteiger partial charge on any atom is 0.354 e. The van der Waals surface area contributed by atoms with E-state index in [0.29, 0.717) is 0 Å². The van der Waals surface area contributed by atoms with Crippen molar-refractivity contribution in [1.29, 1.82) is 0 Å². The second-order valence-corrected chi connectivity index (χ2v) is 5.30. The molecule has 20 heavy (non-hydrogen) atoms. The minimum atomic E-state index is -0.559. The number of aromatic nitrogens is 2. The van der Waals surface area contributed by atoms with Crippen LogP contribution in [-0.2, 0) is 4.74 Å². The minimum absolute atomic E-state index is 0.0204. The number of nitrogens with two attached hydrogens (primary N) is 1. The second kappa shape index (κ2) is 5.17. The highest BCUT2D eigenvalue weighted by atomic mass is 16.6. The van der Waals surface area contributed by atoms with E-state index in [1.54, 1.807) is 7.11 Å². The van der Waals surface area contributed by atoms with Crippen molar-refractivity contribution < 1.29 is 9.66 Å². The van der Waals surface area contributed by atoms with Gasteiger partial charge in [-0.15, -0.1) is 0 Å². The molecular formula is C11H18N6O3. The molecule has 1 saturated carbocycles. The molecule has 0 spiro atoms. The van der Waals surface area contributed by atoms with Crippen LogP contribution in [-0.4, -0.2) is 34.1 Å². The molecule has 1 aromatic rings. The van der Waals surface area contributed by atoms with Gasteiger partial charge in [0.05, 0.1) is 11.0 Å². The number of nitro groups is 1. The Kier molecular flexibility index (Phi) is 3.73. The average molecular weight is 282 g/mol. The Morgan fingerprint density at radius 1 is 1.50 bits per heavy atom. The molecule has 1 aromatic heterocycles. The lowest BCUT2D eigenvalue weighted by atomic mass is 9.64. The van der Waals surface area contributed by atoms with Gasteiger partial charge < -0.3 is 15.5 Å². The number of hydrogen-bond acceptors (Lipinski definition) is 8. The zero-order valence-corrected chi connectivity index (χ0v) is 11.6. The molecule has 110 valence electrons. The smallest absolute Gasteiger partial charge is 0.354 e. The standard InChI is InChI=1S/C11H18N6O3/c1-11(2)6(4-7(11)20-3)15-9-8(17(18)19)10(16-12)14-5-13-9/h5-7H,4,12H2,1-3H3,(H2,13,14,15,16). The normalized spacial score (nSPS) is 23.8. The Bertz CT molecular complexity index is 521. The maximum atomic E-state index is 11.1. The van der Waals surface area contributed by atoms with E-state index in [1.807, 2.05) is 13.8 Å². The van der Waals surface area contributed by atoms with E-state index in [9.17, 15) is 10.1 Å². The average Bonchev–Trinajstić information content (AvgIpc) is 2.42. The van der Waals surface area contributed by atoms with Crippen LogP contribution in [0.4, 0.5) is 17.3 Å². The largest absolute Gasteiger partial charge is 0.381 e. The molecule has 0 aromatic carbocycles. The van der Waals surface area contributed by atoms with Crippen LogP contribution >= 0.6 is 0 Å². The number of nitrogens with one attached hydrogen (secondary N) is 2. The van der Waals surface area contributed by atoms with E-state index < -0.39 is 4.92 Å². The third kappa shape index (κ3) is 2.25. The summed E-state index contributed by atoms with van der Waals surface area (Å²) in [6, 6.07) is 0.0340. The summed E-state index contributed by atoms with van der Waals surface area (Å²) < 4.78 is 5.35. The van der Waals surface area contributed by atoms with Crippen LogP contribution in [0.25, 0.3) is 0 Å². The first kappa shape index (κ1) is 14.4. The summed E-state index contributed by atoms with van der Waals surface area (Å²) in [5.74, 6) is 5.38. The van der Waals surface area contributed by atoms with E-state index in [4.69, 9.17) is 10.6 Å². The van der Waals surface area contributed by atoms with E-state index in [-0.39, 0.29) is 34.9 Å². The SMILES string of the molecule is COC1CC(Nc2ncnc(NN)c2[N+](=O)[O-])C1(C)C. The third-order valence-electron chi connectivity index (χ3n) is 3.91. The number of hydrogen-bond donors (Lipinski definition) is 3. The Hall–Kier alpha value is -2.00. The Morgan fingerprint density at radius 3 is 2.65 bits per heavy atom. The Labute approximate surface area is 116 Å². The predicted molar refractivity (Wildman–Crippen MR) is 73.1 cm³/mol. The molecule has 0 saturated heterocycles. The molecule has 2 rings (SSSR count). The van der Waals surface area contributed by atoms with Gasteiger partial charge >= 0.3 is 5.69 Å². The summed E-state index contributed by atoms with van der Waals surface area (Å²) in [5, 5.41) is 14.2. The fourth-order valence-corrected chi connectivity index (χ4v) is 2.46. The van der Waals surface area contributed by atoms with Crippen molar-refractivity contribution in [3.05, 3.63) is 16.4 Å². The van der Waals surface area contributed by atoms with Crippen molar-refractivity contribution in [2.45, 2.75) is 32.4 Å². The number of rotatable bonds is 5. The molecule has 4 N–H and O–H groups in total. The first-order valence-corrected chi connectivity index (χ1v) is 6.17. The van der Waals surface area contributed by atoms with Crippen molar-refractivity contribution >= 4 is 17.3 Å². The number of ether oxygens (including phenoxy) is 1. The van der Waals surface area contributed by atoms with Crippen LogP contribution in [0.2, 0.25) is 0 Å². The molecule has 9 heteroatoms. The van der Waals surface area contributed by atoms with Crippen LogP contribution in [0, 0.1) is 15.5 Å². The summed E-state index contributed by atoms with van der Waals surface area (Å²) in [4.78, 5) is 18.3. The van der Waals surface area contributed by atoms with E-state index in [2.05, 4.69) is 20.7 Å². The molecular weight excluding hydrogens is 264 g/mol. The fraction of sp³-hybridized carbons (Fsp3) is 0.636. The van der Waals surface area contributed by atoms with Gasteiger partial charge in [0.25, 0.3) is 0 Å². The molecule has 1 fully saturated rings. The molecule has 0 aliphatic heterocycles. The van der Waals surface area contributed by atoms with Gasteiger partial charge in [0.2, 0.25) is 11.6 Å². The summed E-state index contributed by atoms with van der Waals surface area (Å²) in [7, 11) is 1.66. The maximum absolute atomic E-state index is 11.1. The predicted octanol–water partition coefficient (Wildman–Crippen LogP) is 0.896. The third-order valence-corrected chi connectivity index (χ3v) is 3.91. The molecule has 1 aliphatic carbocycles. The zero-order chi connectivity index (χ0) is 14.9. The molecule has 1 aliphatic rings. The fourth-order valence-electron chi connectivity index (χ4n) is 2.46. The van der Waals surface area contributed by atoms with Gasteiger partial charge in [-0.05, 0) is 6.42 Å². The summed E-state index contributed by atoms with van der Waals surface area (Å²) >= 11 is 0. The van der Waals surface area contributed by atoms with Crippen molar-refractivity contribution in [2.24, 2.45) is 11.3 Å². The number of anilines is 2. The number of nitrogens with zero attached hydrogens (tertiary/aromatic N) is 3. The van der Waals surface area contributed by atoms with Gasteiger partial charge in [-0.25, -0.2) is 15.8 Å². The lowest BCUT2D eigenvalue weighted by Crippen LogP contribution is -2.57. The monoisotopic (exact) mass is 282 g/mol. The molecule has 2 atom stereocenters. The van der Waals surface area contributed by atoms with Crippen LogP contribution < -0.4 is 16.6 Å². The number of methoxy groups -OCH3 is 1.